The Balaban J connectivity index is 1.23. The van der Waals surface area contributed by atoms with Crippen LogP contribution in [0.25, 0.3) is 0 Å². The summed E-state index contributed by atoms with van der Waals surface area (Å²) in [7, 11) is 4.33. The van der Waals surface area contributed by atoms with Crippen LogP contribution >= 0.6 is 0 Å². The number of carbonyl (C=O) groups is 2. The van der Waals surface area contributed by atoms with Gasteiger partial charge in [-0.25, -0.2) is 4.21 Å². The van der Waals surface area contributed by atoms with Gasteiger partial charge in [-0.15, -0.1) is 0 Å². The van der Waals surface area contributed by atoms with Crippen molar-refractivity contribution in [2.24, 2.45) is 5.41 Å². The maximum absolute atomic E-state index is 13.8. The fraction of sp³-hybridized carbons (Fsp3) is 0.515. The van der Waals surface area contributed by atoms with Crippen molar-refractivity contribution in [1.29, 1.82) is 0 Å². The molecule has 3 aliphatic rings. The molecule has 2 amide bonds. The van der Waals surface area contributed by atoms with Crippen LogP contribution in [0.5, 0.6) is 5.75 Å². The monoisotopic (exact) mass is 592 g/mol. The van der Waals surface area contributed by atoms with E-state index in [0.29, 0.717) is 23.7 Å². The van der Waals surface area contributed by atoms with Crippen LogP contribution in [-0.4, -0.2) is 70.5 Å². The molecule has 0 bridgehead atoms. The van der Waals surface area contributed by atoms with Crippen molar-refractivity contribution in [3.8, 4) is 5.75 Å². The van der Waals surface area contributed by atoms with Gasteiger partial charge in [0.25, 0.3) is 0 Å². The van der Waals surface area contributed by atoms with Gasteiger partial charge in [-0.05, 0) is 101 Å². The van der Waals surface area contributed by atoms with Gasteiger partial charge < -0.3 is 15.0 Å². The molecule has 1 saturated heterocycles. The van der Waals surface area contributed by atoms with Crippen molar-refractivity contribution in [1.82, 2.24) is 19.4 Å². The Labute approximate surface area is 252 Å². The molecule has 2 aliphatic heterocycles. The minimum absolute atomic E-state index is 0.0130. The van der Waals surface area contributed by atoms with Crippen LogP contribution in [-0.2, 0) is 26.1 Å². The molecular formula is C33H44N4O4S. The van der Waals surface area contributed by atoms with E-state index in [9.17, 15) is 13.8 Å². The molecule has 9 heteroatoms. The Morgan fingerprint density at radius 3 is 2.21 bits per heavy atom. The Morgan fingerprint density at radius 2 is 1.64 bits per heavy atom. The lowest BCUT2D eigenvalue weighted by Crippen LogP contribution is -2.52. The lowest BCUT2D eigenvalue weighted by atomic mass is 9.61. The van der Waals surface area contributed by atoms with E-state index in [0.717, 1.165) is 49.7 Å². The maximum atomic E-state index is 13.8. The van der Waals surface area contributed by atoms with Crippen molar-refractivity contribution in [3.05, 3.63) is 71.6 Å². The summed E-state index contributed by atoms with van der Waals surface area (Å²) in [5.41, 5.74) is 3.33. The predicted octanol–water partition coefficient (Wildman–Crippen LogP) is 4.64. The van der Waals surface area contributed by atoms with E-state index in [1.165, 1.54) is 16.1 Å². The highest BCUT2D eigenvalue weighted by atomic mass is 32.2. The highest BCUT2D eigenvalue weighted by molar-refractivity contribution is 7.83. The third-order valence-electron chi connectivity index (χ3n) is 9.94. The zero-order chi connectivity index (χ0) is 30.1. The molecule has 1 spiro atoms. The predicted molar refractivity (Wildman–Crippen MR) is 165 cm³/mol. The Morgan fingerprint density at radius 1 is 1.02 bits per heavy atom. The number of rotatable bonds is 7. The number of nitrogens with one attached hydrogen (secondary N) is 1. The van der Waals surface area contributed by atoms with Crippen LogP contribution in [0.3, 0.4) is 0 Å². The normalized spacial score (nSPS) is 22.2. The zero-order valence-electron chi connectivity index (χ0n) is 25.5. The van der Waals surface area contributed by atoms with E-state index >= 15 is 0 Å². The van der Waals surface area contributed by atoms with Gasteiger partial charge in [-0.3, -0.25) is 18.8 Å². The number of piperidine rings is 1. The Kier molecular flexibility index (Phi) is 8.81. The minimum Gasteiger partial charge on any atom is -0.497 e. The first kappa shape index (κ1) is 30.3. The molecule has 42 heavy (non-hydrogen) atoms. The summed E-state index contributed by atoms with van der Waals surface area (Å²) in [6.07, 6.45) is 9.57. The lowest BCUT2D eigenvalue weighted by Gasteiger charge is -2.52. The highest BCUT2D eigenvalue weighted by Crippen LogP contribution is 2.52. The summed E-state index contributed by atoms with van der Waals surface area (Å²) in [5, 5.41) is 2.71. The number of benzene rings is 2. The lowest BCUT2D eigenvalue weighted by molar-refractivity contribution is -0.138. The summed E-state index contributed by atoms with van der Waals surface area (Å²) in [6.45, 7) is 5.16. The summed E-state index contributed by atoms with van der Waals surface area (Å²) in [5.74, 6) is 0.315. The molecule has 5 rings (SSSR count). The number of ether oxygens (including phenoxy) is 1. The summed E-state index contributed by atoms with van der Waals surface area (Å²) < 4.78 is 20.7. The van der Waals surface area contributed by atoms with E-state index < -0.39 is 17.0 Å². The highest BCUT2D eigenvalue weighted by Gasteiger charge is 2.46. The second kappa shape index (κ2) is 12.2. The fourth-order valence-corrected chi connectivity index (χ4v) is 8.68. The number of carbonyl (C=O) groups excluding carboxylic acids is 2. The molecule has 226 valence electrons. The van der Waals surface area contributed by atoms with Crippen LogP contribution in [0, 0.1) is 19.3 Å². The van der Waals surface area contributed by atoms with E-state index in [4.69, 9.17) is 4.74 Å². The molecular weight excluding hydrogens is 548 g/mol. The SMILES string of the molecule is COc1cc(C)c(S(=O)N2C=CNC(=O)C2CC(=O)N2CCC3(CC2)CCC(c2ccccc2)(N(C)C)CC3)c(C)c1. The molecule has 2 fully saturated rings. The molecule has 2 atom stereocenters. The molecule has 0 radical (unpaired) electrons. The Bertz CT molecular complexity index is 1330. The van der Waals surface area contributed by atoms with Gasteiger partial charge >= 0.3 is 0 Å². The van der Waals surface area contributed by atoms with Crippen LogP contribution in [0.4, 0.5) is 0 Å². The first-order chi connectivity index (χ1) is 20.1. The molecule has 2 heterocycles. The summed E-state index contributed by atoms with van der Waals surface area (Å²) >= 11 is 0. The number of likely N-dealkylation sites (tertiary alicyclic amines) is 1. The average Bonchev–Trinajstić information content (AvgIpc) is 2.99. The largest absolute Gasteiger partial charge is 0.497 e. The van der Waals surface area contributed by atoms with Gasteiger partial charge in [-0.2, -0.15) is 0 Å². The summed E-state index contributed by atoms with van der Waals surface area (Å²) in [4.78, 5) is 31.5. The van der Waals surface area contributed by atoms with Crippen molar-refractivity contribution >= 4 is 22.8 Å². The fourth-order valence-electron chi connectivity index (χ4n) is 7.23. The third-order valence-corrected chi connectivity index (χ3v) is 11.7. The number of aryl methyl sites for hydroxylation is 2. The van der Waals surface area contributed by atoms with Gasteiger partial charge in [-0.1, -0.05) is 30.3 Å². The number of hydrogen-bond donors (Lipinski definition) is 1. The van der Waals surface area contributed by atoms with Crippen molar-refractivity contribution in [2.45, 2.75) is 75.3 Å². The number of nitrogens with zero attached hydrogens (tertiary/aromatic N) is 3. The topological polar surface area (TPSA) is 82.2 Å². The second-order valence-corrected chi connectivity index (χ2v) is 13.7. The Hall–Kier alpha value is -3.17. The number of methoxy groups -OCH3 is 1. The second-order valence-electron chi connectivity index (χ2n) is 12.4. The van der Waals surface area contributed by atoms with Gasteiger partial charge in [0.2, 0.25) is 11.8 Å². The standard InChI is InChI=1S/C33H44N4O4S/c1-24-21-27(41-5)22-25(2)30(24)42(40)37-20-17-34-31(39)28(37)23-29(38)36-18-15-32(16-19-36)11-13-33(14-12-32,35(3)4)26-9-7-6-8-10-26/h6-10,17,20-22,28H,11-16,18-19,23H2,1-5H3,(H,34,39). The zero-order valence-corrected chi connectivity index (χ0v) is 26.3. The molecule has 8 nitrogen and oxygen atoms in total. The first-order valence-corrected chi connectivity index (χ1v) is 16.0. The minimum atomic E-state index is -1.66. The van der Waals surface area contributed by atoms with E-state index in [-0.39, 0.29) is 29.2 Å². The number of hydrogen-bond acceptors (Lipinski definition) is 5. The van der Waals surface area contributed by atoms with Gasteiger partial charge in [0, 0.05) is 31.0 Å². The van der Waals surface area contributed by atoms with Crippen LogP contribution in [0.2, 0.25) is 0 Å². The van der Waals surface area contributed by atoms with Crippen molar-refractivity contribution in [2.75, 3.05) is 34.3 Å². The van der Waals surface area contributed by atoms with Crippen molar-refractivity contribution < 1.29 is 18.5 Å². The van der Waals surface area contributed by atoms with Gasteiger partial charge in [0.1, 0.15) is 11.8 Å². The van der Waals surface area contributed by atoms with E-state index in [2.05, 4.69) is 54.6 Å². The maximum Gasteiger partial charge on any atom is 0.248 e. The van der Waals surface area contributed by atoms with E-state index in [1.807, 2.05) is 30.9 Å². The molecule has 1 saturated carbocycles. The molecule has 2 aromatic carbocycles. The van der Waals surface area contributed by atoms with Gasteiger partial charge in [0.05, 0.1) is 18.4 Å². The number of amides is 2. The van der Waals surface area contributed by atoms with Crippen molar-refractivity contribution in [3.63, 3.8) is 0 Å². The quantitative estimate of drug-likeness (QED) is 0.507. The smallest absolute Gasteiger partial charge is 0.248 e. The average molecular weight is 593 g/mol. The van der Waals surface area contributed by atoms with E-state index in [1.54, 1.807) is 13.3 Å². The molecule has 0 aromatic heterocycles. The first-order valence-electron chi connectivity index (χ1n) is 14.9. The molecule has 1 aliphatic carbocycles. The van der Waals surface area contributed by atoms with Crippen LogP contribution in [0.1, 0.15) is 61.6 Å². The molecule has 1 N–H and O–H groups in total. The molecule has 2 unspecified atom stereocenters. The summed E-state index contributed by atoms with van der Waals surface area (Å²) in [6, 6.07) is 13.7. The third kappa shape index (κ3) is 5.73. The van der Waals surface area contributed by atoms with Crippen LogP contribution in [0.15, 0.2) is 59.8 Å². The molecule has 2 aromatic rings. The van der Waals surface area contributed by atoms with Gasteiger partial charge in [0.15, 0.2) is 11.0 Å². The van der Waals surface area contributed by atoms with Crippen LogP contribution < -0.4 is 10.1 Å².